The molecule has 0 saturated carbocycles. The molecule has 46 heteroatoms. The lowest BCUT2D eigenvalue weighted by molar-refractivity contribution is -0.282. The monoisotopic (exact) mass is 1660 g/mol. The molecule has 634 valence electrons. The van der Waals surface area contributed by atoms with Crippen LogP contribution in [0.3, 0.4) is 0 Å². The lowest BCUT2D eigenvalue weighted by Gasteiger charge is -2.42. The number of aliphatic hydroxyl groups excluding tert-OH is 9. The Labute approximate surface area is 623 Å². The van der Waals surface area contributed by atoms with E-state index >= 15 is 0 Å². The second kappa shape index (κ2) is 51.4. The summed E-state index contributed by atoms with van der Waals surface area (Å²) in [4.78, 5) is 64.1. The Bertz CT molecular complexity index is 2580. The van der Waals surface area contributed by atoms with Gasteiger partial charge in [0.25, 0.3) is 0 Å². The molecule has 12 unspecified atom stereocenters. The van der Waals surface area contributed by atoms with E-state index in [-0.39, 0.29) is 105 Å². The number of unbranched alkanes of at least 4 members (excludes halogenated alkanes) is 9. The van der Waals surface area contributed by atoms with Gasteiger partial charge in [0.15, 0.2) is 18.9 Å². The Morgan fingerprint density at radius 2 is 0.738 bits per heavy atom. The Hall–Kier alpha value is -0.740. The minimum Gasteiger partial charge on any atom is -0.394 e. The molecule has 15 N–H and O–H groups in total. The van der Waals surface area contributed by atoms with Crippen molar-refractivity contribution in [2.45, 2.75) is 229 Å². The van der Waals surface area contributed by atoms with Gasteiger partial charge in [-0.2, -0.15) is 0 Å². The van der Waals surface area contributed by atoms with Crippen LogP contribution in [-0.2, 0) is 120 Å². The number of nitrogens with one attached hydrogen (secondary N) is 1. The van der Waals surface area contributed by atoms with E-state index in [0.717, 1.165) is 7.11 Å². The number of carbonyl (C=O) groups excluding carboxylic acids is 1. The summed E-state index contributed by atoms with van der Waals surface area (Å²) in [7, 11) is -22.4. The molecule has 4 rings (SSSR count). The fourth-order valence-electron chi connectivity index (χ4n) is 11.3. The van der Waals surface area contributed by atoms with Gasteiger partial charge in [-0.25, -0.2) is 22.8 Å². The van der Waals surface area contributed by atoms with Gasteiger partial charge in [0.2, 0.25) is 5.91 Å². The summed E-state index contributed by atoms with van der Waals surface area (Å²) in [6, 6.07) is -1.11. The van der Waals surface area contributed by atoms with Crippen LogP contribution in [0.15, 0.2) is 0 Å². The zero-order valence-corrected chi connectivity index (χ0v) is 65.9. The summed E-state index contributed by atoms with van der Waals surface area (Å²) in [6.45, 7) is 0.408. The van der Waals surface area contributed by atoms with Gasteiger partial charge in [-0.1, -0.05) is 52.4 Å². The van der Waals surface area contributed by atoms with Crippen molar-refractivity contribution in [2.24, 2.45) is 17.3 Å². The van der Waals surface area contributed by atoms with Crippen molar-refractivity contribution in [1.29, 1.82) is 0 Å². The highest BCUT2D eigenvalue weighted by molar-refractivity contribution is 7.48. The van der Waals surface area contributed by atoms with E-state index in [9.17, 15) is 98.0 Å². The molecule has 4 aliphatic heterocycles. The third-order valence-electron chi connectivity index (χ3n) is 17.5. The SMILES string of the molecule is COP(=O)(O)OC1C[C@H](C)O[C@@H]1COP(=O)(O)OCC(COCCCOP(=O)(O)OCCCCCCO[C@@H]1OC(CO)[C@H](O)[C@H](O)C1C)(COCCCOP(=O)(O)OCCCCCCO[C@@H]1OC(CO)[C@H](O)[C@H](O)C1C)COCCCOP(=O)(O)OCCCCCCO[C@@H]1OC(CO)[C@H](O)[C@H](O)C1NC(C)=O. The minimum atomic E-state index is -5.11. The normalized spacial score (nSPS) is 31.3. The van der Waals surface area contributed by atoms with Crippen molar-refractivity contribution in [2.75, 3.05) is 139 Å². The van der Waals surface area contributed by atoms with Gasteiger partial charge in [0, 0.05) is 71.9 Å². The van der Waals surface area contributed by atoms with Crippen LogP contribution < -0.4 is 5.32 Å². The predicted octanol–water partition coefficient (Wildman–Crippen LogP) is 1.86. The van der Waals surface area contributed by atoms with Gasteiger partial charge in [-0.3, -0.25) is 50.0 Å². The molecule has 4 aliphatic rings. The van der Waals surface area contributed by atoms with E-state index in [4.69, 9.17) is 88.1 Å². The third-order valence-corrected chi connectivity index (χ3v) is 22.4. The summed E-state index contributed by atoms with van der Waals surface area (Å²) < 4.78 is 174. The number of amides is 1. The lowest BCUT2D eigenvalue weighted by atomic mass is 9.92. The van der Waals surface area contributed by atoms with Gasteiger partial charge < -0.3 is 123 Å². The van der Waals surface area contributed by atoms with E-state index in [1.54, 1.807) is 20.8 Å². The van der Waals surface area contributed by atoms with Crippen LogP contribution in [0, 0.1) is 17.3 Å². The largest absolute Gasteiger partial charge is 0.472 e. The first-order chi connectivity index (χ1) is 50.6. The first kappa shape index (κ1) is 98.6. The Balaban J connectivity index is 1.33. The van der Waals surface area contributed by atoms with Crippen LogP contribution in [0.25, 0.3) is 0 Å². The van der Waals surface area contributed by atoms with Crippen molar-refractivity contribution < 1.29 is 191 Å². The highest BCUT2D eigenvalue weighted by Crippen LogP contribution is 2.50. The maximum Gasteiger partial charge on any atom is 0.472 e. The molecule has 0 aromatic heterocycles. The van der Waals surface area contributed by atoms with Crippen molar-refractivity contribution in [1.82, 2.24) is 5.32 Å². The Morgan fingerprint density at radius 1 is 0.402 bits per heavy atom. The fourth-order valence-corrected chi connectivity index (χ4v) is 15.2. The van der Waals surface area contributed by atoms with Gasteiger partial charge in [0.1, 0.15) is 61.0 Å². The van der Waals surface area contributed by atoms with Crippen molar-refractivity contribution in [3.63, 3.8) is 0 Å². The number of carbonyl (C=O) groups is 1. The number of hydrogen-bond acceptors (Lipinski definition) is 35. The van der Waals surface area contributed by atoms with E-state index in [0.29, 0.717) is 77.0 Å². The molecule has 0 bridgehead atoms. The second-order valence-corrected chi connectivity index (χ2v) is 33.9. The van der Waals surface area contributed by atoms with E-state index in [1.165, 1.54) is 6.92 Å². The molecule has 4 saturated heterocycles. The molecule has 0 aromatic rings. The first-order valence-electron chi connectivity index (χ1n) is 36.1. The number of phosphoric acid groups is 5. The maximum absolute atomic E-state index is 13.7. The molecule has 4 heterocycles. The maximum atomic E-state index is 13.7. The average Bonchev–Trinajstić information content (AvgIpc) is 1.36. The molecule has 0 aromatic carbocycles. The smallest absolute Gasteiger partial charge is 0.394 e. The molecule has 0 spiro atoms. The van der Waals surface area contributed by atoms with E-state index in [2.05, 4.69) is 9.84 Å². The summed E-state index contributed by atoms with van der Waals surface area (Å²) in [6.07, 6.45) is -10.5. The highest BCUT2D eigenvalue weighted by Gasteiger charge is 2.48. The fraction of sp³-hybridized carbons (Fsp3) is 0.984. The quantitative estimate of drug-likeness (QED) is 0.0305. The zero-order chi connectivity index (χ0) is 79.3. The molecule has 107 heavy (non-hydrogen) atoms. The van der Waals surface area contributed by atoms with Crippen molar-refractivity contribution >= 4 is 45.0 Å². The molecular formula is C61H120NO40P5. The standard InChI is InChI=1S/C61H120NO40P5/c1-42-33-46(102-103(73,74)83-5)50(98-42)37-96-107(81,82)97-41-61(38-84-21-18-30-93-104(75,76)90-27-15-9-6-12-24-87-58-43(2)52(67)54(69)47(34-63)99-58,39-85-22-19-31-94-105(77,78)91-28-16-10-7-13-25-88-59-44(3)53(68)55(70)48(35-64)100-59)40-86-23-20-32-95-106(79,80)92-29-17-11-8-14-26-89-60-51(62-45(4)66)57(72)56(71)49(36-65)101-60/h42-44,46-60,63-65,67-72H,6-41H2,1-5H3,(H,62,66)(H,73,74)(H,75,76)(H,77,78)(H,79,80)(H,81,82)/t42-,43?,44?,46?,47?,48?,49?,50+,51?,52+,53+,54-,55-,56-,57+,58+,59+,60+,61?/m0/s1. The molecule has 1 amide bonds. The van der Waals surface area contributed by atoms with Crippen LogP contribution in [0.1, 0.15) is 130 Å². The number of rotatable bonds is 61. The number of ether oxygens (including phenoxy) is 10. The average molecular weight is 1660 g/mol. The lowest BCUT2D eigenvalue weighted by Crippen LogP contribution is -2.64. The topological polar surface area (TPSA) is 582 Å². The van der Waals surface area contributed by atoms with E-state index in [1.807, 2.05) is 0 Å². The summed E-state index contributed by atoms with van der Waals surface area (Å²) in [5.41, 5.74) is -1.57. The summed E-state index contributed by atoms with van der Waals surface area (Å²) >= 11 is 0. The first-order valence-corrected chi connectivity index (χ1v) is 43.5. The van der Waals surface area contributed by atoms with Crippen LogP contribution in [-0.4, -0.2) is 314 Å². The Kier molecular flexibility index (Phi) is 47.3. The minimum absolute atomic E-state index is 0.0159. The number of phosphoric ester groups is 5. The highest BCUT2D eigenvalue weighted by atomic mass is 31.2. The number of hydrogen-bond donors (Lipinski definition) is 15. The van der Waals surface area contributed by atoms with Crippen LogP contribution in [0.2, 0.25) is 0 Å². The predicted molar refractivity (Wildman–Crippen MR) is 369 cm³/mol. The summed E-state index contributed by atoms with van der Waals surface area (Å²) in [5.74, 6) is -1.61. The molecule has 23 atom stereocenters. The number of aliphatic hydroxyl groups is 9. The van der Waals surface area contributed by atoms with Crippen LogP contribution >= 0.6 is 39.1 Å². The molecular weight excluding hydrogens is 1540 g/mol. The molecule has 41 nitrogen and oxygen atoms in total. The van der Waals surface area contributed by atoms with Gasteiger partial charge in [-0.15, -0.1) is 0 Å². The van der Waals surface area contributed by atoms with E-state index < -0.39 is 213 Å². The van der Waals surface area contributed by atoms with Gasteiger partial charge in [0.05, 0.1) is 116 Å². The van der Waals surface area contributed by atoms with Crippen LogP contribution in [0.4, 0.5) is 0 Å². The molecule has 0 aliphatic carbocycles. The van der Waals surface area contributed by atoms with Gasteiger partial charge >= 0.3 is 39.1 Å². The van der Waals surface area contributed by atoms with Crippen LogP contribution in [0.5, 0.6) is 0 Å². The zero-order valence-electron chi connectivity index (χ0n) is 61.5. The second-order valence-electron chi connectivity index (χ2n) is 26.6. The Morgan fingerprint density at radius 3 is 1.10 bits per heavy atom. The molecule has 0 radical (unpaired) electrons. The van der Waals surface area contributed by atoms with Crippen molar-refractivity contribution in [3.05, 3.63) is 0 Å². The van der Waals surface area contributed by atoms with Crippen molar-refractivity contribution in [3.8, 4) is 0 Å². The summed E-state index contributed by atoms with van der Waals surface area (Å²) in [5, 5.41) is 92.5. The molecule has 4 fully saturated rings. The third kappa shape index (κ3) is 38.3. The van der Waals surface area contributed by atoms with Gasteiger partial charge in [-0.05, 0) is 64.7 Å².